The van der Waals surface area contributed by atoms with Crippen molar-refractivity contribution in [1.82, 2.24) is 4.90 Å². The van der Waals surface area contributed by atoms with Crippen molar-refractivity contribution in [3.05, 3.63) is 28.8 Å². The largest absolute Gasteiger partial charge is 0.385 e. The number of nitrogens with one attached hydrogen (secondary N) is 1. The minimum atomic E-state index is -0.136. The molecular formula is C16H23ClN2O3. The highest BCUT2D eigenvalue weighted by Gasteiger charge is 2.12. The summed E-state index contributed by atoms with van der Waals surface area (Å²) in [6.07, 6.45) is 1.00. The van der Waals surface area contributed by atoms with Gasteiger partial charge in [-0.1, -0.05) is 17.7 Å². The molecule has 0 unspecified atom stereocenters. The number of hydrogen-bond donors (Lipinski definition) is 1. The average Bonchev–Trinajstić information content (AvgIpc) is 2.46. The average molecular weight is 327 g/mol. The maximum absolute atomic E-state index is 12.0. The molecule has 0 spiro atoms. The van der Waals surface area contributed by atoms with E-state index in [-0.39, 0.29) is 18.2 Å². The molecule has 0 heterocycles. The number of hydrogen-bond acceptors (Lipinski definition) is 3. The third-order valence-electron chi connectivity index (χ3n) is 3.30. The van der Waals surface area contributed by atoms with Crippen molar-refractivity contribution in [2.45, 2.75) is 26.7 Å². The molecule has 0 aliphatic rings. The number of rotatable bonds is 8. The Balaban J connectivity index is 2.49. The van der Waals surface area contributed by atoms with E-state index < -0.39 is 0 Å². The maximum Gasteiger partial charge on any atom is 0.226 e. The Morgan fingerprint density at radius 1 is 1.32 bits per heavy atom. The lowest BCUT2D eigenvalue weighted by Gasteiger charge is -2.20. The minimum Gasteiger partial charge on any atom is -0.385 e. The topological polar surface area (TPSA) is 58.6 Å². The molecule has 0 saturated carbocycles. The SMILES string of the molecule is COCCCN(CCC(=O)Nc1cc(Cl)ccc1C)C(C)=O. The van der Waals surface area contributed by atoms with Crippen LogP contribution in [0.15, 0.2) is 18.2 Å². The van der Waals surface area contributed by atoms with Crippen molar-refractivity contribution in [3.63, 3.8) is 0 Å². The molecular weight excluding hydrogens is 304 g/mol. The van der Waals surface area contributed by atoms with Crippen molar-refractivity contribution in [1.29, 1.82) is 0 Å². The zero-order valence-electron chi connectivity index (χ0n) is 13.3. The van der Waals surface area contributed by atoms with E-state index in [0.717, 1.165) is 12.0 Å². The van der Waals surface area contributed by atoms with Crippen molar-refractivity contribution < 1.29 is 14.3 Å². The van der Waals surface area contributed by atoms with Gasteiger partial charge in [0, 0.05) is 50.9 Å². The van der Waals surface area contributed by atoms with Gasteiger partial charge in [-0.2, -0.15) is 0 Å². The van der Waals surface area contributed by atoms with Gasteiger partial charge in [-0.05, 0) is 31.0 Å². The van der Waals surface area contributed by atoms with Crippen LogP contribution in [-0.4, -0.2) is 43.5 Å². The molecule has 0 fully saturated rings. The van der Waals surface area contributed by atoms with Crippen LogP contribution in [0.5, 0.6) is 0 Å². The summed E-state index contributed by atoms with van der Waals surface area (Å²) in [6, 6.07) is 5.35. The van der Waals surface area contributed by atoms with Crippen LogP contribution in [-0.2, 0) is 14.3 Å². The summed E-state index contributed by atoms with van der Waals surface area (Å²) in [7, 11) is 1.62. The predicted molar refractivity (Wildman–Crippen MR) is 88.2 cm³/mol. The van der Waals surface area contributed by atoms with Crippen LogP contribution in [0.4, 0.5) is 5.69 Å². The fourth-order valence-electron chi connectivity index (χ4n) is 2.00. The molecule has 0 bridgehead atoms. The van der Waals surface area contributed by atoms with Crippen molar-refractivity contribution in [2.24, 2.45) is 0 Å². The first-order valence-corrected chi connectivity index (χ1v) is 7.62. The Morgan fingerprint density at radius 2 is 2.05 bits per heavy atom. The molecule has 122 valence electrons. The monoisotopic (exact) mass is 326 g/mol. The van der Waals surface area contributed by atoms with Gasteiger partial charge >= 0.3 is 0 Å². The lowest BCUT2D eigenvalue weighted by atomic mass is 10.2. The van der Waals surface area contributed by atoms with Crippen LogP contribution in [0.2, 0.25) is 5.02 Å². The molecule has 5 nitrogen and oxygen atoms in total. The van der Waals surface area contributed by atoms with Gasteiger partial charge in [-0.3, -0.25) is 9.59 Å². The van der Waals surface area contributed by atoms with Gasteiger partial charge in [0.2, 0.25) is 11.8 Å². The highest BCUT2D eigenvalue weighted by Crippen LogP contribution is 2.20. The summed E-state index contributed by atoms with van der Waals surface area (Å²) in [5, 5.41) is 3.40. The Labute approximate surface area is 136 Å². The van der Waals surface area contributed by atoms with E-state index in [1.807, 2.05) is 13.0 Å². The first kappa shape index (κ1) is 18.5. The van der Waals surface area contributed by atoms with Gasteiger partial charge in [0.15, 0.2) is 0 Å². The number of methoxy groups -OCH3 is 1. The van der Waals surface area contributed by atoms with Crippen molar-refractivity contribution in [3.8, 4) is 0 Å². The van der Waals surface area contributed by atoms with Gasteiger partial charge in [0.05, 0.1) is 0 Å². The van der Waals surface area contributed by atoms with Crippen LogP contribution in [0.25, 0.3) is 0 Å². The molecule has 1 rings (SSSR count). The van der Waals surface area contributed by atoms with Crippen LogP contribution < -0.4 is 5.32 Å². The summed E-state index contributed by atoms with van der Waals surface area (Å²) >= 11 is 5.92. The van der Waals surface area contributed by atoms with E-state index >= 15 is 0 Å². The number of carbonyl (C=O) groups excluding carboxylic acids is 2. The van der Waals surface area contributed by atoms with E-state index in [2.05, 4.69) is 5.32 Å². The second-order valence-corrected chi connectivity index (χ2v) is 5.55. The van der Waals surface area contributed by atoms with E-state index in [1.54, 1.807) is 24.1 Å². The normalized spacial score (nSPS) is 10.4. The van der Waals surface area contributed by atoms with Crippen LogP contribution >= 0.6 is 11.6 Å². The van der Waals surface area contributed by atoms with Crippen LogP contribution in [0.1, 0.15) is 25.3 Å². The molecule has 0 aliphatic carbocycles. The lowest BCUT2D eigenvalue weighted by molar-refractivity contribution is -0.129. The van der Waals surface area contributed by atoms with Gasteiger partial charge < -0.3 is 15.0 Å². The van der Waals surface area contributed by atoms with Gasteiger partial charge in [0.1, 0.15) is 0 Å². The molecule has 0 radical (unpaired) electrons. The number of carbonyl (C=O) groups is 2. The van der Waals surface area contributed by atoms with E-state index in [4.69, 9.17) is 16.3 Å². The Hall–Kier alpha value is -1.59. The van der Waals surface area contributed by atoms with Crippen LogP contribution in [0, 0.1) is 6.92 Å². The first-order chi connectivity index (χ1) is 10.4. The third-order valence-corrected chi connectivity index (χ3v) is 3.54. The number of aryl methyl sites for hydroxylation is 1. The van der Waals surface area contributed by atoms with Gasteiger partial charge in [0.25, 0.3) is 0 Å². The molecule has 22 heavy (non-hydrogen) atoms. The summed E-state index contributed by atoms with van der Waals surface area (Å²) < 4.78 is 4.97. The molecule has 0 atom stereocenters. The molecule has 0 saturated heterocycles. The number of anilines is 1. The Kier molecular flexibility index (Phi) is 7.91. The quantitative estimate of drug-likeness (QED) is 0.747. The molecule has 1 aromatic rings. The highest BCUT2D eigenvalue weighted by atomic mass is 35.5. The van der Waals surface area contributed by atoms with E-state index in [9.17, 15) is 9.59 Å². The lowest BCUT2D eigenvalue weighted by Crippen LogP contribution is -2.33. The standard InChI is InChI=1S/C16H23ClN2O3/c1-12-5-6-14(17)11-15(12)18-16(21)7-9-19(13(2)20)8-4-10-22-3/h5-6,11H,4,7-10H2,1-3H3,(H,18,21). The Morgan fingerprint density at radius 3 is 2.68 bits per heavy atom. The van der Waals surface area contributed by atoms with Gasteiger partial charge in [-0.25, -0.2) is 0 Å². The van der Waals surface area contributed by atoms with E-state index in [0.29, 0.717) is 30.4 Å². The number of amides is 2. The number of ether oxygens (including phenoxy) is 1. The van der Waals surface area contributed by atoms with Crippen molar-refractivity contribution in [2.75, 3.05) is 32.1 Å². The zero-order chi connectivity index (χ0) is 16.5. The van der Waals surface area contributed by atoms with Crippen LogP contribution in [0.3, 0.4) is 0 Å². The molecule has 0 aromatic heterocycles. The molecule has 0 aliphatic heterocycles. The highest BCUT2D eigenvalue weighted by molar-refractivity contribution is 6.31. The Bertz CT molecular complexity index is 520. The first-order valence-electron chi connectivity index (χ1n) is 7.24. The molecule has 1 aromatic carbocycles. The second-order valence-electron chi connectivity index (χ2n) is 5.11. The smallest absolute Gasteiger partial charge is 0.226 e. The minimum absolute atomic E-state index is 0.0390. The number of nitrogens with zero attached hydrogens (tertiary/aromatic N) is 1. The molecule has 2 amide bonds. The van der Waals surface area contributed by atoms with Gasteiger partial charge in [-0.15, -0.1) is 0 Å². The second kappa shape index (κ2) is 9.43. The summed E-state index contributed by atoms with van der Waals surface area (Å²) in [6.45, 7) is 4.99. The number of benzene rings is 1. The predicted octanol–water partition coefficient (Wildman–Crippen LogP) is 2.86. The molecule has 6 heteroatoms. The zero-order valence-corrected chi connectivity index (χ0v) is 14.1. The molecule has 1 N–H and O–H groups in total. The fourth-order valence-corrected chi connectivity index (χ4v) is 2.18. The number of halogens is 1. The van der Waals surface area contributed by atoms with E-state index in [1.165, 1.54) is 6.92 Å². The van der Waals surface area contributed by atoms with Crippen molar-refractivity contribution >= 4 is 29.1 Å². The maximum atomic E-state index is 12.0. The third kappa shape index (κ3) is 6.45. The fraction of sp³-hybridized carbons (Fsp3) is 0.500. The summed E-state index contributed by atoms with van der Waals surface area (Å²) in [4.78, 5) is 25.2. The summed E-state index contributed by atoms with van der Waals surface area (Å²) in [5.74, 6) is -0.175. The summed E-state index contributed by atoms with van der Waals surface area (Å²) in [5.41, 5.74) is 1.65.